The van der Waals surface area contributed by atoms with E-state index in [-0.39, 0.29) is 37.4 Å². The second-order valence-electron chi connectivity index (χ2n) is 16.4. The van der Waals surface area contributed by atoms with E-state index in [4.69, 9.17) is 30.5 Å². The summed E-state index contributed by atoms with van der Waals surface area (Å²) in [5.74, 6) is -2.53. The third kappa shape index (κ3) is 13.4. The number of ether oxygens (including phenoxy) is 4. The summed E-state index contributed by atoms with van der Waals surface area (Å²) in [6, 6.07) is 14.6. The van der Waals surface area contributed by atoms with Crippen LogP contribution in [0, 0.1) is 45.9 Å². The molecule has 14 nitrogen and oxygen atoms in total. The number of hydrogen-bond donors (Lipinski definition) is 1. The monoisotopic (exact) mass is 930 g/mol. The zero-order valence-electron chi connectivity index (χ0n) is 38.7. The molecule has 1 aliphatic carbocycles. The lowest BCUT2D eigenvalue weighted by Crippen LogP contribution is -2.74. The molecule has 358 valence electrons. The summed E-state index contributed by atoms with van der Waals surface area (Å²) in [4.78, 5) is 61.2. The molecule has 1 saturated carbocycles. The fourth-order valence-electron chi connectivity index (χ4n) is 9.27. The zero-order chi connectivity index (χ0) is 47.7. The molecule has 5 unspecified atom stereocenters. The van der Waals surface area contributed by atoms with Crippen LogP contribution in [0.25, 0.3) is 0 Å². The van der Waals surface area contributed by atoms with Crippen molar-refractivity contribution in [3.05, 3.63) is 104 Å². The van der Waals surface area contributed by atoms with E-state index in [1.165, 1.54) is 0 Å². The molecule has 3 aromatic rings. The molecule has 0 radical (unpaired) electrons. The molecule has 1 N–H and O–H groups in total. The van der Waals surface area contributed by atoms with Crippen molar-refractivity contribution in [3.8, 4) is 11.5 Å². The van der Waals surface area contributed by atoms with Crippen molar-refractivity contribution in [2.75, 3.05) is 53.7 Å². The lowest BCUT2D eigenvalue weighted by Gasteiger charge is -2.62. The summed E-state index contributed by atoms with van der Waals surface area (Å²) in [5, 5.41) is 12.3. The molecule has 5 rings (SSSR count). The highest BCUT2D eigenvalue weighted by Gasteiger charge is 2.69. The summed E-state index contributed by atoms with van der Waals surface area (Å²) >= 11 is 5.92. The molecule has 3 aromatic carbocycles. The number of nitrogens with zero attached hydrogens (tertiary/aromatic N) is 3. The van der Waals surface area contributed by atoms with Gasteiger partial charge in [0.25, 0.3) is 5.09 Å². The first kappa shape index (κ1) is 52.4. The highest BCUT2D eigenvalue weighted by molar-refractivity contribution is 6.32. The number of methoxy groups -OCH3 is 2. The van der Waals surface area contributed by atoms with Gasteiger partial charge in [-0.1, -0.05) is 75.7 Å². The van der Waals surface area contributed by atoms with E-state index in [2.05, 4.69) is 10.2 Å². The Morgan fingerprint density at radius 2 is 1.65 bits per heavy atom. The maximum Gasteiger partial charge on any atom is 0.410 e. The van der Waals surface area contributed by atoms with E-state index in [0.29, 0.717) is 77.6 Å². The lowest BCUT2D eigenvalue weighted by atomic mass is 9.59. The standard InChI is InChI=1S/C46H59ClF2N4O10.C2H6/c1-6-20-51(29-34-15-18-38(60-5)30(2)25-34)44(55)31(3)42-46(27-33-13-11-32(12-14-33)10-9-22-61-41-37(49)17-16-36(48)40(41)47)28-35(43(54)50-19-24-59-4)26-39(46)52(42)45(56)62-21-7-8-23-63-53(57)58;1-2/h11-18,25,31,35,39,42H,6-10,19-24,26-29H2,1-5H3,(H,50,54);1-2H3. The molecular formula is C48H65ClF2N4O10. The number of unbranched alkanes of at least 4 members (excludes halogenated alkanes) is 1. The summed E-state index contributed by atoms with van der Waals surface area (Å²) < 4.78 is 50.0. The topological polar surface area (TPSA) is 159 Å². The maximum absolute atomic E-state index is 14.8. The highest BCUT2D eigenvalue weighted by atomic mass is 35.5. The Morgan fingerprint density at radius 1 is 0.969 bits per heavy atom. The second kappa shape index (κ2) is 25.5. The Balaban J connectivity index is 0.00000456. The van der Waals surface area contributed by atoms with Gasteiger partial charge >= 0.3 is 6.09 Å². The van der Waals surface area contributed by atoms with Gasteiger partial charge in [0, 0.05) is 44.1 Å². The van der Waals surface area contributed by atoms with E-state index < -0.39 is 57.2 Å². The molecule has 1 heterocycles. The average molecular weight is 932 g/mol. The molecule has 3 amide bonds. The van der Waals surface area contributed by atoms with Crippen LogP contribution >= 0.6 is 11.6 Å². The number of aryl methyl sites for hydroxylation is 2. The largest absolute Gasteiger partial charge is 0.496 e. The number of carbonyl (C=O) groups excluding carboxylic acids is 3. The van der Waals surface area contributed by atoms with Crippen LogP contribution < -0.4 is 14.8 Å². The number of nitrogens with one attached hydrogen (secondary N) is 1. The predicted molar refractivity (Wildman–Crippen MR) is 242 cm³/mol. The van der Waals surface area contributed by atoms with Gasteiger partial charge in [-0.15, -0.1) is 10.1 Å². The number of rotatable bonds is 24. The summed E-state index contributed by atoms with van der Waals surface area (Å²) in [5.41, 5.74) is 3.13. The van der Waals surface area contributed by atoms with Crippen molar-refractivity contribution in [2.24, 2.45) is 17.3 Å². The SMILES string of the molecule is CC.CCCN(Cc1ccc(OC)c(C)c1)C(=O)C(C)C1N(C(=O)OCCCCO[N+](=O)[O-])C2CC(C(=O)NCCOC)CC21Cc1ccc(CCCOc2c(F)ccc(F)c2Cl)cc1. The molecule has 5 atom stereocenters. The van der Waals surface area contributed by atoms with Crippen molar-refractivity contribution in [1.29, 1.82) is 0 Å². The van der Waals surface area contributed by atoms with Gasteiger partial charge in [0.2, 0.25) is 11.8 Å². The van der Waals surface area contributed by atoms with Gasteiger partial charge in [0.15, 0.2) is 11.6 Å². The van der Waals surface area contributed by atoms with Crippen molar-refractivity contribution >= 4 is 29.5 Å². The molecular weight excluding hydrogens is 866 g/mol. The van der Waals surface area contributed by atoms with Crippen LogP contribution in [-0.2, 0) is 43.3 Å². The van der Waals surface area contributed by atoms with Crippen molar-refractivity contribution in [2.45, 2.75) is 105 Å². The molecule has 0 bridgehead atoms. The quantitative estimate of drug-likeness (QED) is 0.0398. The minimum absolute atomic E-state index is 0.0123. The van der Waals surface area contributed by atoms with Crippen LogP contribution in [0.3, 0.4) is 0 Å². The first-order valence-electron chi connectivity index (χ1n) is 22.5. The van der Waals surface area contributed by atoms with Gasteiger partial charge in [0.1, 0.15) is 16.6 Å². The van der Waals surface area contributed by atoms with Gasteiger partial charge in [0.05, 0.1) is 45.5 Å². The first-order valence-corrected chi connectivity index (χ1v) is 22.9. The van der Waals surface area contributed by atoms with Crippen LogP contribution in [0.2, 0.25) is 5.02 Å². The van der Waals surface area contributed by atoms with Crippen LogP contribution in [0.4, 0.5) is 13.6 Å². The van der Waals surface area contributed by atoms with Crippen LogP contribution in [0.5, 0.6) is 11.5 Å². The van der Waals surface area contributed by atoms with Crippen LogP contribution in [0.15, 0.2) is 54.6 Å². The molecule has 1 aliphatic heterocycles. The maximum atomic E-state index is 14.8. The van der Waals surface area contributed by atoms with Gasteiger partial charge in [-0.3, -0.25) is 9.59 Å². The van der Waals surface area contributed by atoms with E-state index in [1.807, 2.05) is 82.0 Å². The summed E-state index contributed by atoms with van der Waals surface area (Å²) in [6.07, 6.45) is 3.05. The Hall–Kier alpha value is -5.22. The molecule has 65 heavy (non-hydrogen) atoms. The fraction of sp³-hybridized carbons (Fsp3) is 0.562. The number of carbonyl (C=O) groups is 3. The highest BCUT2D eigenvalue weighted by Crippen LogP contribution is 2.61. The first-order chi connectivity index (χ1) is 31.2. The van der Waals surface area contributed by atoms with E-state index in [9.17, 15) is 33.3 Å². The molecule has 17 heteroatoms. The molecule has 0 spiro atoms. The smallest absolute Gasteiger partial charge is 0.410 e. The van der Waals surface area contributed by atoms with E-state index >= 15 is 0 Å². The third-order valence-corrected chi connectivity index (χ3v) is 12.4. The number of amides is 3. The fourth-order valence-corrected chi connectivity index (χ4v) is 9.47. The summed E-state index contributed by atoms with van der Waals surface area (Å²) in [6.45, 7) is 11.3. The Bertz CT molecular complexity index is 2050. The molecule has 2 fully saturated rings. The second-order valence-corrected chi connectivity index (χ2v) is 16.7. The van der Waals surface area contributed by atoms with Gasteiger partial charge < -0.3 is 38.9 Å². The van der Waals surface area contributed by atoms with Gasteiger partial charge in [-0.2, -0.15) is 0 Å². The van der Waals surface area contributed by atoms with E-state index in [1.54, 1.807) is 19.1 Å². The van der Waals surface area contributed by atoms with E-state index in [0.717, 1.165) is 40.1 Å². The Morgan fingerprint density at radius 3 is 2.31 bits per heavy atom. The zero-order valence-corrected chi connectivity index (χ0v) is 39.4. The van der Waals surface area contributed by atoms with Gasteiger partial charge in [-0.05, 0) is 98.7 Å². The number of hydrogen-bond acceptors (Lipinski definition) is 10. The predicted octanol–water partition coefficient (Wildman–Crippen LogP) is 8.93. The van der Waals surface area contributed by atoms with Crippen LogP contribution in [0.1, 0.15) is 88.5 Å². The minimum atomic E-state index is -0.867. The number of fused-ring (bicyclic) bond motifs is 1. The lowest BCUT2D eigenvalue weighted by molar-refractivity contribution is -0.757. The van der Waals surface area contributed by atoms with Gasteiger partial charge in [-0.25, -0.2) is 13.6 Å². The van der Waals surface area contributed by atoms with Crippen molar-refractivity contribution < 1.29 is 52.0 Å². The molecule has 1 saturated heterocycles. The van der Waals surface area contributed by atoms with Crippen LogP contribution in [-0.4, -0.2) is 98.6 Å². The molecule has 0 aromatic heterocycles. The number of benzene rings is 3. The average Bonchev–Trinajstić information content (AvgIpc) is 3.59. The Labute approximate surface area is 386 Å². The minimum Gasteiger partial charge on any atom is -0.496 e. The van der Waals surface area contributed by atoms with Crippen molar-refractivity contribution in [1.82, 2.24) is 15.1 Å². The third-order valence-electron chi connectivity index (χ3n) is 12.1. The van der Waals surface area contributed by atoms with Crippen molar-refractivity contribution in [3.63, 3.8) is 0 Å². The number of halogens is 3. The molecule has 2 aliphatic rings. The Kier molecular flexibility index (Phi) is 20.5. The summed E-state index contributed by atoms with van der Waals surface area (Å²) in [7, 11) is 3.17. The normalized spacial score (nSPS) is 18.9. The number of likely N-dealkylation sites (tertiary alicyclic amines) is 1.